The lowest BCUT2D eigenvalue weighted by Crippen LogP contribution is -2.31. The zero-order chi connectivity index (χ0) is 21.4. The SMILES string of the molecule is O=C1CC(c2cccnc2)c2cc(C(O)(c3cncc(Br)c3)c3cnc[nH]3)ccc2N1. The Morgan fingerprint density at radius 1 is 1.03 bits per heavy atom. The van der Waals surface area contributed by atoms with E-state index in [1.54, 1.807) is 31.0 Å². The fourth-order valence-electron chi connectivity index (χ4n) is 4.11. The minimum absolute atomic E-state index is 0.0471. The van der Waals surface area contributed by atoms with Crippen molar-refractivity contribution in [3.63, 3.8) is 0 Å². The molecule has 0 saturated heterocycles. The molecular formula is C23H18BrN5O2. The van der Waals surface area contributed by atoms with E-state index in [4.69, 9.17) is 0 Å². The number of aromatic nitrogens is 4. The van der Waals surface area contributed by atoms with Gasteiger partial charge in [-0.05, 0) is 56.9 Å². The van der Waals surface area contributed by atoms with E-state index in [1.165, 1.54) is 6.33 Å². The van der Waals surface area contributed by atoms with Crippen molar-refractivity contribution in [3.8, 4) is 0 Å². The smallest absolute Gasteiger partial charge is 0.225 e. The fourth-order valence-corrected chi connectivity index (χ4v) is 4.47. The Kier molecular flexibility index (Phi) is 4.88. The van der Waals surface area contributed by atoms with E-state index in [1.807, 2.05) is 36.4 Å². The summed E-state index contributed by atoms with van der Waals surface area (Å²) < 4.78 is 0.751. The molecule has 31 heavy (non-hydrogen) atoms. The number of carbonyl (C=O) groups is 1. The van der Waals surface area contributed by atoms with E-state index >= 15 is 0 Å². The van der Waals surface area contributed by atoms with E-state index in [9.17, 15) is 9.90 Å². The van der Waals surface area contributed by atoms with Crippen molar-refractivity contribution < 1.29 is 9.90 Å². The van der Waals surface area contributed by atoms with Crippen molar-refractivity contribution >= 4 is 27.5 Å². The highest BCUT2D eigenvalue weighted by Crippen LogP contribution is 2.42. The fraction of sp³-hybridized carbons (Fsp3) is 0.130. The Labute approximate surface area is 186 Å². The number of rotatable bonds is 4. The molecular weight excluding hydrogens is 458 g/mol. The first-order valence-corrected chi connectivity index (χ1v) is 10.5. The number of fused-ring (bicyclic) bond motifs is 1. The number of hydrogen-bond donors (Lipinski definition) is 3. The Balaban J connectivity index is 1.70. The Morgan fingerprint density at radius 2 is 1.94 bits per heavy atom. The van der Waals surface area contributed by atoms with Crippen molar-refractivity contribution in [1.29, 1.82) is 0 Å². The second kappa shape index (κ2) is 7.72. The van der Waals surface area contributed by atoms with Gasteiger partial charge in [0.15, 0.2) is 5.60 Å². The van der Waals surface area contributed by atoms with Crippen LogP contribution in [0.1, 0.15) is 40.3 Å². The number of aliphatic hydroxyl groups is 1. The Morgan fingerprint density at radius 3 is 2.68 bits per heavy atom. The van der Waals surface area contributed by atoms with Crippen molar-refractivity contribution in [2.75, 3.05) is 5.32 Å². The lowest BCUT2D eigenvalue weighted by Gasteiger charge is -2.31. The Hall–Kier alpha value is -3.36. The van der Waals surface area contributed by atoms with Crippen LogP contribution in [0.2, 0.25) is 0 Å². The average molecular weight is 476 g/mol. The molecule has 3 N–H and O–H groups in total. The monoisotopic (exact) mass is 475 g/mol. The molecule has 1 aliphatic rings. The van der Waals surface area contributed by atoms with E-state index in [0.29, 0.717) is 23.2 Å². The van der Waals surface area contributed by atoms with Gasteiger partial charge in [0, 0.05) is 52.8 Å². The highest BCUT2D eigenvalue weighted by molar-refractivity contribution is 9.10. The molecule has 4 heterocycles. The summed E-state index contributed by atoms with van der Waals surface area (Å²) in [7, 11) is 0. The van der Waals surface area contributed by atoms with Gasteiger partial charge in [0.25, 0.3) is 0 Å². The minimum Gasteiger partial charge on any atom is -0.374 e. The van der Waals surface area contributed by atoms with Crippen LogP contribution in [0.3, 0.4) is 0 Å². The molecule has 1 aromatic carbocycles. The molecule has 8 heteroatoms. The summed E-state index contributed by atoms with van der Waals surface area (Å²) in [5.74, 6) is -0.210. The molecule has 4 aromatic rings. The number of nitrogens with one attached hydrogen (secondary N) is 2. The van der Waals surface area contributed by atoms with Gasteiger partial charge >= 0.3 is 0 Å². The largest absolute Gasteiger partial charge is 0.374 e. The molecule has 1 aliphatic heterocycles. The van der Waals surface area contributed by atoms with Crippen LogP contribution in [0.25, 0.3) is 0 Å². The number of halogens is 1. The first-order chi connectivity index (χ1) is 15.1. The zero-order valence-corrected chi connectivity index (χ0v) is 17.9. The van der Waals surface area contributed by atoms with E-state index in [0.717, 1.165) is 21.3 Å². The molecule has 0 aliphatic carbocycles. The van der Waals surface area contributed by atoms with Gasteiger partial charge in [-0.15, -0.1) is 0 Å². The van der Waals surface area contributed by atoms with Gasteiger partial charge in [-0.1, -0.05) is 12.1 Å². The standard InChI is InChI=1S/C23H18BrN5O2/c24-17-6-16(10-26-11-17)23(31,21-12-27-13-28-21)15-3-4-20-19(7-15)18(8-22(30)29-20)14-2-1-5-25-9-14/h1-7,9-13,18,31H,8H2,(H,27,28)(H,29,30). The van der Waals surface area contributed by atoms with E-state index < -0.39 is 5.60 Å². The van der Waals surface area contributed by atoms with Gasteiger partial charge in [0.2, 0.25) is 5.91 Å². The van der Waals surface area contributed by atoms with E-state index in [-0.39, 0.29) is 11.8 Å². The highest BCUT2D eigenvalue weighted by atomic mass is 79.9. The molecule has 2 atom stereocenters. The lowest BCUT2D eigenvalue weighted by atomic mass is 9.79. The summed E-state index contributed by atoms with van der Waals surface area (Å²) in [6.07, 6.45) is 10.2. The minimum atomic E-state index is -1.51. The summed E-state index contributed by atoms with van der Waals surface area (Å²) in [5.41, 5.74) is 2.84. The predicted octanol–water partition coefficient (Wildman–Crippen LogP) is 3.72. The van der Waals surface area contributed by atoms with Gasteiger partial charge in [-0.25, -0.2) is 4.98 Å². The Bertz CT molecular complexity index is 1250. The third-order valence-electron chi connectivity index (χ3n) is 5.61. The molecule has 2 unspecified atom stereocenters. The number of pyridine rings is 2. The molecule has 7 nitrogen and oxygen atoms in total. The van der Waals surface area contributed by atoms with Crippen molar-refractivity contribution in [3.05, 3.63) is 106 Å². The summed E-state index contributed by atoms with van der Waals surface area (Å²) in [5, 5.41) is 15.0. The molecule has 3 aromatic heterocycles. The number of carbonyl (C=O) groups excluding carboxylic acids is 1. The number of imidazole rings is 1. The number of benzene rings is 1. The predicted molar refractivity (Wildman–Crippen MR) is 118 cm³/mol. The maximum Gasteiger partial charge on any atom is 0.225 e. The van der Waals surface area contributed by atoms with Crippen LogP contribution in [0.5, 0.6) is 0 Å². The third-order valence-corrected chi connectivity index (χ3v) is 6.04. The molecule has 0 bridgehead atoms. The lowest BCUT2D eigenvalue weighted by molar-refractivity contribution is -0.116. The summed E-state index contributed by atoms with van der Waals surface area (Å²) in [4.78, 5) is 27.9. The van der Waals surface area contributed by atoms with Crippen LogP contribution in [-0.2, 0) is 10.4 Å². The third kappa shape index (κ3) is 3.43. The van der Waals surface area contributed by atoms with Crippen LogP contribution in [0.15, 0.2) is 78.2 Å². The molecule has 154 valence electrons. The number of amides is 1. The topological polar surface area (TPSA) is 104 Å². The first-order valence-electron chi connectivity index (χ1n) is 9.72. The molecule has 0 radical (unpaired) electrons. The second-order valence-corrected chi connectivity index (χ2v) is 8.38. The molecule has 5 rings (SSSR count). The van der Waals surface area contributed by atoms with Crippen LogP contribution in [0.4, 0.5) is 5.69 Å². The molecule has 0 spiro atoms. The number of nitrogens with zero attached hydrogens (tertiary/aromatic N) is 3. The van der Waals surface area contributed by atoms with Crippen molar-refractivity contribution in [2.45, 2.75) is 17.9 Å². The summed E-state index contributed by atoms with van der Waals surface area (Å²) in [6.45, 7) is 0. The van der Waals surface area contributed by atoms with Gasteiger partial charge < -0.3 is 15.4 Å². The number of anilines is 1. The second-order valence-electron chi connectivity index (χ2n) is 7.46. The first kappa shape index (κ1) is 19.6. The highest BCUT2D eigenvalue weighted by Gasteiger charge is 2.38. The van der Waals surface area contributed by atoms with Crippen LogP contribution >= 0.6 is 15.9 Å². The van der Waals surface area contributed by atoms with Crippen molar-refractivity contribution in [1.82, 2.24) is 19.9 Å². The normalized spacial score (nSPS) is 17.5. The van der Waals surface area contributed by atoms with Gasteiger partial charge in [0.05, 0.1) is 18.2 Å². The number of H-pyrrole nitrogens is 1. The van der Waals surface area contributed by atoms with Gasteiger partial charge in [-0.3, -0.25) is 14.8 Å². The number of hydrogen-bond acceptors (Lipinski definition) is 5. The summed E-state index contributed by atoms with van der Waals surface area (Å²) in [6, 6.07) is 11.2. The van der Waals surface area contributed by atoms with E-state index in [2.05, 4.69) is 41.2 Å². The maximum absolute atomic E-state index is 12.3. The summed E-state index contributed by atoms with van der Waals surface area (Å²) >= 11 is 3.44. The van der Waals surface area contributed by atoms with Crippen molar-refractivity contribution in [2.24, 2.45) is 0 Å². The van der Waals surface area contributed by atoms with Crippen LogP contribution in [-0.4, -0.2) is 30.9 Å². The van der Waals surface area contributed by atoms with Crippen LogP contribution < -0.4 is 5.32 Å². The van der Waals surface area contributed by atoms with Crippen LogP contribution in [0, 0.1) is 0 Å². The molecule has 0 saturated carbocycles. The number of aromatic amines is 1. The average Bonchev–Trinajstić information content (AvgIpc) is 3.34. The molecule has 1 amide bonds. The van der Waals surface area contributed by atoms with Gasteiger partial charge in [0.1, 0.15) is 0 Å². The maximum atomic E-state index is 12.3. The zero-order valence-electron chi connectivity index (χ0n) is 16.3. The molecule has 0 fully saturated rings. The quantitative estimate of drug-likeness (QED) is 0.417. The van der Waals surface area contributed by atoms with Gasteiger partial charge in [-0.2, -0.15) is 0 Å².